The Morgan fingerprint density at radius 3 is 2.80 bits per heavy atom. The minimum atomic E-state index is 0.563. The molecule has 1 aliphatic carbocycles. The molecule has 0 spiro atoms. The Hall–Kier alpha value is -1.77. The highest BCUT2D eigenvalue weighted by Gasteiger charge is 2.24. The van der Waals surface area contributed by atoms with E-state index in [1.54, 1.807) is 6.20 Å². The zero-order valence-electron chi connectivity index (χ0n) is 12.3. The number of nitrogens with two attached hydrogens (primary N) is 1. The molecule has 0 amide bonds. The van der Waals surface area contributed by atoms with Crippen LogP contribution in [0.15, 0.2) is 30.5 Å². The third-order valence-corrected chi connectivity index (χ3v) is 4.76. The third-order valence-electron chi connectivity index (χ3n) is 4.76. The van der Waals surface area contributed by atoms with E-state index in [0.717, 1.165) is 34.1 Å². The molecule has 0 bridgehead atoms. The van der Waals surface area contributed by atoms with E-state index in [-0.39, 0.29) is 0 Å². The first kappa shape index (κ1) is 13.2. The number of pyridine rings is 1. The van der Waals surface area contributed by atoms with Crippen LogP contribution < -0.4 is 11.1 Å². The molecule has 3 N–H and O–H groups in total. The first-order valence-electron chi connectivity index (χ1n) is 7.55. The van der Waals surface area contributed by atoms with E-state index in [4.69, 9.17) is 5.73 Å². The molecule has 3 nitrogen and oxygen atoms in total. The molecule has 1 aromatic heterocycles. The van der Waals surface area contributed by atoms with Crippen LogP contribution in [0.5, 0.6) is 0 Å². The molecular weight excluding hydrogens is 246 g/mol. The lowest BCUT2D eigenvalue weighted by atomic mass is 9.79. The summed E-state index contributed by atoms with van der Waals surface area (Å²) in [6, 6.07) is 8.66. The number of nitrogen functional groups attached to an aromatic ring is 1. The average molecular weight is 269 g/mol. The van der Waals surface area contributed by atoms with Gasteiger partial charge in [-0.15, -0.1) is 0 Å². The molecule has 1 aromatic carbocycles. The Balaban J connectivity index is 1.86. The second kappa shape index (κ2) is 5.31. The normalized spacial score (nSPS) is 26.6. The summed E-state index contributed by atoms with van der Waals surface area (Å²) in [5.74, 6) is 1.64. The Labute approximate surface area is 120 Å². The molecule has 0 saturated heterocycles. The van der Waals surface area contributed by atoms with Gasteiger partial charge < -0.3 is 11.1 Å². The number of anilines is 2. The monoisotopic (exact) mass is 269 g/mol. The van der Waals surface area contributed by atoms with Crippen molar-refractivity contribution in [3.8, 4) is 0 Å². The maximum atomic E-state index is 6.01. The molecule has 1 fully saturated rings. The van der Waals surface area contributed by atoms with Crippen molar-refractivity contribution in [2.45, 2.75) is 39.2 Å². The van der Waals surface area contributed by atoms with Gasteiger partial charge >= 0.3 is 0 Å². The van der Waals surface area contributed by atoms with Gasteiger partial charge in [-0.2, -0.15) is 0 Å². The molecule has 3 rings (SSSR count). The second-order valence-corrected chi connectivity index (χ2v) is 6.21. The van der Waals surface area contributed by atoms with E-state index in [9.17, 15) is 0 Å². The van der Waals surface area contributed by atoms with Crippen molar-refractivity contribution in [2.75, 3.05) is 11.1 Å². The van der Waals surface area contributed by atoms with Crippen molar-refractivity contribution in [1.29, 1.82) is 0 Å². The van der Waals surface area contributed by atoms with Gasteiger partial charge in [0.25, 0.3) is 0 Å². The van der Waals surface area contributed by atoms with Gasteiger partial charge in [0.2, 0.25) is 0 Å². The lowest BCUT2D eigenvalue weighted by Crippen LogP contribution is -2.30. The fourth-order valence-electron chi connectivity index (χ4n) is 3.22. The predicted octanol–water partition coefficient (Wildman–Crippen LogP) is 4.05. The number of hydrogen-bond acceptors (Lipinski definition) is 3. The second-order valence-electron chi connectivity index (χ2n) is 6.21. The van der Waals surface area contributed by atoms with Gasteiger partial charge in [0.05, 0.1) is 11.2 Å². The molecule has 1 aliphatic rings. The number of benzene rings is 1. The van der Waals surface area contributed by atoms with Crippen LogP contribution in [0.1, 0.15) is 33.1 Å². The zero-order valence-corrected chi connectivity index (χ0v) is 12.3. The number of aromatic nitrogens is 1. The largest absolute Gasteiger partial charge is 0.397 e. The number of nitrogens with one attached hydrogen (secondary N) is 1. The molecule has 106 valence electrons. The molecule has 1 saturated carbocycles. The zero-order chi connectivity index (χ0) is 14.1. The van der Waals surface area contributed by atoms with Crippen LogP contribution in [0, 0.1) is 11.8 Å². The number of hydrogen-bond donors (Lipinski definition) is 2. The van der Waals surface area contributed by atoms with Gasteiger partial charge in [0.15, 0.2) is 0 Å². The number of fused-ring (bicyclic) bond motifs is 1. The third kappa shape index (κ3) is 2.45. The van der Waals surface area contributed by atoms with Crippen molar-refractivity contribution in [3.05, 3.63) is 30.5 Å². The molecule has 0 radical (unpaired) electrons. The van der Waals surface area contributed by atoms with Crippen LogP contribution in [-0.4, -0.2) is 11.0 Å². The summed E-state index contributed by atoms with van der Waals surface area (Å²) in [5.41, 5.74) is 8.81. The summed E-state index contributed by atoms with van der Waals surface area (Å²) in [4.78, 5) is 4.40. The van der Waals surface area contributed by atoms with Crippen molar-refractivity contribution >= 4 is 22.3 Å². The van der Waals surface area contributed by atoms with Crippen LogP contribution in [0.25, 0.3) is 10.9 Å². The number of rotatable bonds is 2. The van der Waals surface area contributed by atoms with E-state index >= 15 is 0 Å². The SMILES string of the molecule is CC1CCC(Nc2ccc(N)c3ncccc23)CC1C. The topological polar surface area (TPSA) is 50.9 Å². The van der Waals surface area contributed by atoms with Crippen LogP contribution in [0.2, 0.25) is 0 Å². The van der Waals surface area contributed by atoms with Crippen LogP contribution in [-0.2, 0) is 0 Å². The van der Waals surface area contributed by atoms with Gasteiger partial charge in [-0.05, 0) is 55.4 Å². The molecule has 0 aliphatic heterocycles. The minimum Gasteiger partial charge on any atom is -0.397 e. The van der Waals surface area contributed by atoms with Crippen LogP contribution in [0.3, 0.4) is 0 Å². The van der Waals surface area contributed by atoms with Gasteiger partial charge in [-0.25, -0.2) is 0 Å². The molecule has 3 heteroatoms. The molecule has 3 atom stereocenters. The standard InChI is InChI=1S/C17H23N3/c1-11-5-6-13(10-12(11)2)20-16-8-7-15(18)17-14(16)4-3-9-19-17/h3-4,7-9,11-13,20H,5-6,10,18H2,1-2H3. The summed E-state index contributed by atoms with van der Waals surface area (Å²) in [5, 5.41) is 4.83. The van der Waals surface area contributed by atoms with Crippen LogP contribution >= 0.6 is 0 Å². The lowest BCUT2D eigenvalue weighted by Gasteiger charge is -2.33. The number of nitrogens with zero attached hydrogens (tertiary/aromatic N) is 1. The lowest BCUT2D eigenvalue weighted by molar-refractivity contribution is 0.261. The van der Waals surface area contributed by atoms with Crippen molar-refractivity contribution < 1.29 is 0 Å². The molecule has 1 heterocycles. The van der Waals surface area contributed by atoms with Gasteiger partial charge in [0.1, 0.15) is 0 Å². The van der Waals surface area contributed by atoms with Gasteiger partial charge in [-0.1, -0.05) is 13.8 Å². The maximum absolute atomic E-state index is 6.01. The summed E-state index contributed by atoms with van der Waals surface area (Å²) in [6.45, 7) is 4.73. The van der Waals surface area contributed by atoms with E-state index in [1.165, 1.54) is 19.3 Å². The van der Waals surface area contributed by atoms with E-state index in [2.05, 4.69) is 36.3 Å². The maximum Gasteiger partial charge on any atom is 0.0951 e. The fraction of sp³-hybridized carbons (Fsp3) is 0.471. The van der Waals surface area contributed by atoms with Gasteiger partial charge in [-0.3, -0.25) is 4.98 Å². The van der Waals surface area contributed by atoms with Crippen molar-refractivity contribution in [2.24, 2.45) is 11.8 Å². The first-order valence-corrected chi connectivity index (χ1v) is 7.55. The summed E-state index contributed by atoms with van der Waals surface area (Å²) < 4.78 is 0. The van der Waals surface area contributed by atoms with Crippen LogP contribution in [0.4, 0.5) is 11.4 Å². The summed E-state index contributed by atoms with van der Waals surface area (Å²) in [7, 11) is 0. The molecule has 2 aromatic rings. The van der Waals surface area contributed by atoms with Gasteiger partial charge in [0, 0.05) is 23.3 Å². The van der Waals surface area contributed by atoms with Crippen molar-refractivity contribution in [1.82, 2.24) is 4.98 Å². The first-order chi connectivity index (χ1) is 9.65. The smallest absolute Gasteiger partial charge is 0.0951 e. The Morgan fingerprint density at radius 2 is 2.00 bits per heavy atom. The van der Waals surface area contributed by atoms with E-state index < -0.39 is 0 Å². The minimum absolute atomic E-state index is 0.563. The molecule has 20 heavy (non-hydrogen) atoms. The Morgan fingerprint density at radius 1 is 1.15 bits per heavy atom. The quantitative estimate of drug-likeness (QED) is 0.808. The Bertz CT molecular complexity index is 608. The Kier molecular flexibility index (Phi) is 3.51. The fourth-order valence-corrected chi connectivity index (χ4v) is 3.22. The predicted molar refractivity (Wildman–Crippen MR) is 85.7 cm³/mol. The highest BCUT2D eigenvalue weighted by Crippen LogP contribution is 2.33. The highest BCUT2D eigenvalue weighted by molar-refractivity contribution is 5.98. The molecular formula is C17H23N3. The summed E-state index contributed by atoms with van der Waals surface area (Å²) in [6.07, 6.45) is 5.60. The molecule has 3 unspecified atom stereocenters. The summed E-state index contributed by atoms with van der Waals surface area (Å²) >= 11 is 0. The average Bonchev–Trinajstić information content (AvgIpc) is 2.46. The van der Waals surface area contributed by atoms with E-state index in [1.807, 2.05) is 12.1 Å². The highest BCUT2D eigenvalue weighted by atomic mass is 14.9. The van der Waals surface area contributed by atoms with Crippen molar-refractivity contribution in [3.63, 3.8) is 0 Å². The van der Waals surface area contributed by atoms with E-state index in [0.29, 0.717) is 6.04 Å².